The van der Waals surface area contributed by atoms with Crippen molar-refractivity contribution in [2.75, 3.05) is 11.9 Å². The molecule has 0 radical (unpaired) electrons. The molecule has 0 unspecified atom stereocenters. The molecule has 2 aromatic rings. The van der Waals surface area contributed by atoms with Crippen LogP contribution < -0.4 is 5.32 Å². The second kappa shape index (κ2) is 7.47. The Kier molecular flexibility index (Phi) is 5.64. The van der Waals surface area contributed by atoms with Crippen LogP contribution in [-0.2, 0) is 5.75 Å². The molecule has 2 aromatic carbocycles. The van der Waals surface area contributed by atoms with E-state index in [0.29, 0.717) is 18.0 Å². The third kappa shape index (κ3) is 4.47. The molecule has 4 nitrogen and oxygen atoms in total. The Labute approximate surface area is 136 Å². The zero-order valence-corrected chi connectivity index (χ0v) is 13.9. The van der Waals surface area contributed by atoms with Gasteiger partial charge in [-0.25, -0.2) is 0 Å². The fourth-order valence-corrected chi connectivity index (χ4v) is 3.33. The van der Waals surface area contributed by atoms with Crippen molar-refractivity contribution in [3.8, 4) is 0 Å². The summed E-state index contributed by atoms with van der Waals surface area (Å²) >= 11 is 5.09. The Hall–Kier alpha value is -1.53. The summed E-state index contributed by atoms with van der Waals surface area (Å²) in [5.74, 6) is 0.698. The normalized spacial score (nSPS) is 10.4. The molecule has 0 aliphatic heterocycles. The molecular formula is C15H15BrN2O2S. The maximum absolute atomic E-state index is 11.1. The van der Waals surface area contributed by atoms with Gasteiger partial charge < -0.3 is 5.32 Å². The van der Waals surface area contributed by atoms with Crippen molar-refractivity contribution in [2.24, 2.45) is 0 Å². The monoisotopic (exact) mass is 366 g/mol. The van der Waals surface area contributed by atoms with Gasteiger partial charge >= 0.3 is 0 Å². The van der Waals surface area contributed by atoms with Gasteiger partial charge in [-0.15, -0.1) is 11.8 Å². The first kappa shape index (κ1) is 15.9. The van der Waals surface area contributed by atoms with E-state index in [1.165, 1.54) is 0 Å². The van der Waals surface area contributed by atoms with Crippen molar-refractivity contribution >= 4 is 39.1 Å². The molecule has 0 aromatic heterocycles. The van der Waals surface area contributed by atoms with Crippen LogP contribution in [0.3, 0.4) is 0 Å². The van der Waals surface area contributed by atoms with Crippen LogP contribution in [0.25, 0.3) is 0 Å². The second-order valence-electron chi connectivity index (χ2n) is 4.38. The minimum Gasteiger partial charge on any atom is -0.380 e. The smallest absolute Gasteiger partial charge is 0.292 e. The first-order valence-electron chi connectivity index (χ1n) is 6.49. The predicted octanol–water partition coefficient (Wildman–Crippen LogP) is 5.08. The number of nitro groups is 1. The topological polar surface area (TPSA) is 55.2 Å². The molecule has 0 saturated heterocycles. The number of hydrogen-bond donors (Lipinski definition) is 1. The molecule has 0 spiro atoms. The van der Waals surface area contributed by atoms with E-state index >= 15 is 0 Å². The second-order valence-corrected chi connectivity index (χ2v) is 6.35. The first-order chi connectivity index (χ1) is 10.1. The number of benzene rings is 2. The molecule has 1 N–H and O–H groups in total. The number of rotatable bonds is 6. The van der Waals surface area contributed by atoms with E-state index in [1.54, 1.807) is 23.9 Å². The Bertz CT molecular complexity index is 649. The van der Waals surface area contributed by atoms with Gasteiger partial charge in [-0.3, -0.25) is 10.1 Å². The maximum Gasteiger partial charge on any atom is 0.292 e. The number of thioether (sulfide) groups is 1. The van der Waals surface area contributed by atoms with Crippen molar-refractivity contribution in [1.29, 1.82) is 0 Å². The molecule has 21 heavy (non-hydrogen) atoms. The van der Waals surface area contributed by atoms with Crippen molar-refractivity contribution in [3.63, 3.8) is 0 Å². The highest BCUT2D eigenvalue weighted by atomic mass is 79.9. The van der Waals surface area contributed by atoms with Crippen LogP contribution in [0.2, 0.25) is 0 Å². The number of nitrogens with one attached hydrogen (secondary N) is 1. The van der Waals surface area contributed by atoms with Gasteiger partial charge in [0.05, 0.1) is 4.92 Å². The van der Waals surface area contributed by atoms with E-state index in [1.807, 2.05) is 37.3 Å². The highest BCUT2D eigenvalue weighted by molar-refractivity contribution is 9.10. The lowest BCUT2D eigenvalue weighted by atomic mass is 10.2. The quantitative estimate of drug-likeness (QED) is 0.439. The lowest BCUT2D eigenvalue weighted by Gasteiger charge is -2.07. The Morgan fingerprint density at radius 1 is 1.29 bits per heavy atom. The minimum atomic E-state index is -0.342. The standard InChI is InChI=1S/C15H15BrN2O2S/c1-2-17-14-7-6-11(8-15(14)18(19)20)10-21-13-5-3-4-12(16)9-13/h3-9,17H,2,10H2,1H3. The summed E-state index contributed by atoms with van der Waals surface area (Å²) in [6, 6.07) is 13.4. The highest BCUT2D eigenvalue weighted by Crippen LogP contribution is 2.30. The fraction of sp³-hybridized carbons (Fsp3) is 0.200. The molecule has 0 aliphatic carbocycles. The van der Waals surface area contributed by atoms with Gasteiger partial charge in [0.15, 0.2) is 0 Å². The van der Waals surface area contributed by atoms with Crippen LogP contribution in [0.15, 0.2) is 51.8 Å². The van der Waals surface area contributed by atoms with Gasteiger partial charge in [-0.05, 0) is 36.8 Å². The maximum atomic E-state index is 11.1. The lowest BCUT2D eigenvalue weighted by Crippen LogP contribution is -2.01. The summed E-state index contributed by atoms with van der Waals surface area (Å²) < 4.78 is 1.03. The molecule has 0 saturated carbocycles. The van der Waals surface area contributed by atoms with E-state index in [0.717, 1.165) is 14.9 Å². The Morgan fingerprint density at radius 2 is 2.10 bits per heavy atom. The SMILES string of the molecule is CCNc1ccc(CSc2cccc(Br)c2)cc1[N+](=O)[O-]. The number of nitro benzene ring substituents is 1. The van der Waals surface area contributed by atoms with Gasteiger partial charge in [0, 0.05) is 27.7 Å². The van der Waals surface area contributed by atoms with Gasteiger partial charge in [-0.1, -0.05) is 28.1 Å². The zero-order chi connectivity index (χ0) is 15.2. The van der Waals surface area contributed by atoms with Gasteiger partial charge in [0.2, 0.25) is 0 Å². The summed E-state index contributed by atoms with van der Waals surface area (Å²) in [7, 11) is 0. The predicted molar refractivity (Wildman–Crippen MR) is 91.0 cm³/mol. The fourth-order valence-electron chi connectivity index (χ4n) is 1.88. The highest BCUT2D eigenvalue weighted by Gasteiger charge is 2.14. The van der Waals surface area contributed by atoms with E-state index in [-0.39, 0.29) is 10.6 Å². The molecule has 2 rings (SSSR count). The summed E-state index contributed by atoms with van der Waals surface area (Å²) in [4.78, 5) is 11.9. The molecule has 0 amide bonds. The number of hydrogen-bond acceptors (Lipinski definition) is 4. The Morgan fingerprint density at radius 3 is 2.76 bits per heavy atom. The number of nitrogens with zero attached hydrogens (tertiary/aromatic N) is 1. The van der Waals surface area contributed by atoms with Crippen LogP contribution >= 0.6 is 27.7 Å². The molecule has 0 atom stereocenters. The molecule has 0 aliphatic rings. The number of halogens is 1. The van der Waals surface area contributed by atoms with E-state index in [9.17, 15) is 10.1 Å². The molecular weight excluding hydrogens is 352 g/mol. The van der Waals surface area contributed by atoms with Gasteiger partial charge in [-0.2, -0.15) is 0 Å². The first-order valence-corrected chi connectivity index (χ1v) is 8.27. The lowest BCUT2D eigenvalue weighted by molar-refractivity contribution is -0.384. The van der Waals surface area contributed by atoms with Crippen LogP contribution in [0.4, 0.5) is 11.4 Å². The minimum absolute atomic E-state index is 0.129. The van der Waals surface area contributed by atoms with Crippen molar-refractivity contribution in [3.05, 3.63) is 62.6 Å². The molecule has 6 heteroatoms. The molecule has 0 fully saturated rings. The third-order valence-corrected chi connectivity index (χ3v) is 4.39. The van der Waals surface area contributed by atoms with Crippen LogP contribution in [0.5, 0.6) is 0 Å². The largest absolute Gasteiger partial charge is 0.380 e. The third-order valence-electron chi connectivity index (χ3n) is 2.83. The average molecular weight is 367 g/mol. The summed E-state index contributed by atoms with van der Waals surface area (Å²) in [5, 5.41) is 14.1. The van der Waals surface area contributed by atoms with E-state index in [2.05, 4.69) is 21.2 Å². The van der Waals surface area contributed by atoms with Crippen molar-refractivity contribution in [1.82, 2.24) is 0 Å². The van der Waals surface area contributed by atoms with Crippen molar-refractivity contribution in [2.45, 2.75) is 17.6 Å². The zero-order valence-electron chi connectivity index (χ0n) is 11.5. The Balaban J connectivity index is 2.13. The van der Waals surface area contributed by atoms with E-state index < -0.39 is 0 Å². The molecule has 0 bridgehead atoms. The molecule has 110 valence electrons. The van der Waals surface area contributed by atoms with Crippen LogP contribution in [0, 0.1) is 10.1 Å². The summed E-state index contributed by atoms with van der Waals surface area (Å²) in [6.45, 7) is 2.58. The van der Waals surface area contributed by atoms with Crippen molar-refractivity contribution < 1.29 is 4.92 Å². The number of anilines is 1. The summed E-state index contributed by atoms with van der Waals surface area (Å²) in [5.41, 5.74) is 1.64. The van der Waals surface area contributed by atoms with Gasteiger partial charge in [0.25, 0.3) is 5.69 Å². The average Bonchev–Trinajstić information content (AvgIpc) is 2.46. The van der Waals surface area contributed by atoms with Crippen LogP contribution in [-0.4, -0.2) is 11.5 Å². The van der Waals surface area contributed by atoms with Gasteiger partial charge in [0.1, 0.15) is 5.69 Å². The van der Waals surface area contributed by atoms with E-state index in [4.69, 9.17) is 0 Å². The summed E-state index contributed by atoms with van der Waals surface area (Å²) in [6.07, 6.45) is 0. The molecule has 0 heterocycles. The van der Waals surface area contributed by atoms with Crippen LogP contribution in [0.1, 0.15) is 12.5 Å².